The van der Waals surface area contributed by atoms with Gasteiger partial charge < -0.3 is 15.0 Å². The number of rotatable bonds is 6. The Bertz CT molecular complexity index is 430. The van der Waals surface area contributed by atoms with Crippen LogP contribution in [0.5, 0.6) is 5.75 Å². The topological polar surface area (TPSA) is 27.7 Å². The van der Waals surface area contributed by atoms with Gasteiger partial charge in [-0.3, -0.25) is 4.90 Å². The van der Waals surface area contributed by atoms with Crippen LogP contribution in [0.2, 0.25) is 0 Å². The molecule has 2 rings (SSSR count). The Morgan fingerprint density at radius 1 is 1.19 bits per heavy atom. The molecule has 1 fully saturated rings. The summed E-state index contributed by atoms with van der Waals surface area (Å²) in [4.78, 5) is 5.05. The zero-order valence-electron chi connectivity index (χ0n) is 13.8. The van der Waals surface area contributed by atoms with Crippen LogP contribution in [0.1, 0.15) is 20.3 Å². The molecule has 1 aromatic rings. The van der Waals surface area contributed by atoms with Gasteiger partial charge in [0.1, 0.15) is 5.75 Å². The van der Waals surface area contributed by atoms with Crippen LogP contribution < -0.4 is 15.0 Å². The standard InChI is InChI=1S/C17H29N3O/c1-14(18-3)12-15(2)19-8-10-20(11-9-19)16-6-5-7-17(13-16)21-4/h5-7,13-15,18H,8-12H2,1-4H3. The molecule has 4 heteroatoms. The fourth-order valence-corrected chi connectivity index (χ4v) is 3.01. The van der Waals surface area contributed by atoms with E-state index in [1.807, 2.05) is 13.1 Å². The van der Waals surface area contributed by atoms with E-state index in [-0.39, 0.29) is 0 Å². The second kappa shape index (κ2) is 7.66. The number of methoxy groups -OCH3 is 1. The van der Waals surface area contributed by atoms with Crippen molar-refractivity contribution >= 4 is 5.69 Å². The summed E-state index contributed by atoms with van der Waals surface area (Å²) in [5.74, 6) is 0.936. The molecule has 1 aliphatic heterocycles. The summed E-state index contributed by atoms with van der Waals surface area (Å²) in [6.07, 6.45) is 1.20. The van der Waals surface area contributed by atoms with Crippen molar-refractivity contribution in [3.63, 3.8) is 0 Å². The minimum absolute atomic E-state index is 0.580. The summed E-state index contributed by atoms with van der Waals surface area (Å²) in [6, 6.07) is 9.59. The number of ether oxygens (including phenoxy) is 1. The maximum absolute atomic E-state index is 5.32. The molecule has 0 aliphatic carbocycles. The smallest absolute Gasteiger partial charge is 0.120 e. The second-order valence-electron chi connectivity index (χ2n) is 6.00. The minimum atomic E-state index is 0.580. The molecule has 0 saturated carbocycles. The van der Waals surface area contributed by atoms with Gasteiger partial charge in [0.2, 0.25) is 0 Å². The van der Waals surface area contributed by atoms with Gasteiger partial charge in [-0.15, -0.1) is 0 Å². The van der Waals surface area contributed by atoms with Crippen LogP contribution in [0, 0.1) is 0 Å². The van der Waals surface area contributed by atoms with Crippen molar-refractivity contribution in [3.05, 3.63) is 24.3 Å². The van der Waals surface area contributed by atoms with E-state index in [9.17, 15) is 0 Å². The van der Waals surface area contributed by atoms with Gasteiger partial charge >= 0.3 is 0 Å². The Balaban J connectivity index is 1.87. The van der Waals surface area contributed by atoms with Crippen LogP contribution in [-0.4, -0.2) is 57.3 Å². The molecule has 4 nitrogen and oxygen atoms in total. The largest absolute Gasteiger partial charge is 0.497 e. The van der Waals surface area contributed by atoms with Gasteiger partial charge in [0, 0.05) is 50.0 Å². The molecule has 1 N–H and O–H groups in total. The van der Waals surface area contributed by atoms with Crippen molar-refractivity contribution in [2.45, 2.75) is 32.4 Å². The zero-order chi connectivity index (χ0) is 15.2. The van der Waals surface area contributed by atoms with E-state index < -0.39 is 0 Å². The highest BCUT2D eigenvalue weighted by atomic mass is 16.5. The molecule has 1 aliphatic rings. The summed E-state index contributed by atoms with van der Waals surface area (Å²) in [7, 11) is 3.76. The van der Waals surface area contributed by atoms with Crippen molar-refractivity contribution in [1.82, 2.24) is 10.2 Å². The molecule has 21 heavy (non-hydrogen) atoms. The van der Waals surface area contributed by atoms with Gasteiger partial charge in [-0.1, -0.05) is 6.07 Å². The molecule has 0 bridgehead atoms. The third-order valence-corrected chi connectivity index (χ3v) is 4.54. The molecule has 0 spiro atoms. The lowest BCUT2D eigenvalue weighted by atomic mass is 10.1. The number of anilines is 1. The first-order chi connectivity index (χ1) is 10.1. The lowest BCUT2D eigenvalue weighted by molar-refractivity contribution is 0.179. The van der Waals surface area contributed by atoms with Crippen molar-refractivity contribution < 1.29 is 4.74 Å². The van der Waals surface area contributed by atoms with Gasteiger partial charge in [0.15, 0.2) is 0 Å². The van der Waals surface area contributed by atoms with Crippen LogP contribution in [0.4, 0.5) is 5.69 Å². The molecule has 0 aromatic heterocycles. The second-order valence-corrected chi connectivity index (χ2v) is 6.00. The average Bonchev–Trinajstić information content (AvgIpc) is 2.54. The predicted octanol–water partition coefficient (Wildman–Crippen LogP) is 2.20. The van der Waals surface area contributed by atoms with Crippen LogP contribution in [-0.2, 0) is 0 Å². The number of piperazine rings is 1. The Labute approximate surface area is 129 Å². The van der Waals surface area contributed by atoms with Gasteiger partial charge in [0.25, 0.3) is 0 Å². The summed E-state index contributed by atoms with van der Waals surface area (Å²) < 4.78 is 5.32. The van der Waals surface area contributed by atoms with Crippen molar-refractivity contribution in [2.75, 3.05) is 45.2 Å². The SMILES string of the molecule is CNC(C)CC(C)N1CCN(c2cccc(OC)c2)CC1. The fraction of sp³-hybridized carbons (Fsp3) is 0.647. The summed E-state index contributed by atoms with van der Waals surface area (Å²) in [6.45, 7) is 9.04. The highest BCUT2D eigenvalue weighted by Crippen LogP contribution is 2.22. The Morgan fingerprint density at radius 2 is 1.90 bits per heavy atom. The van der Waals surface area contributed by atoms with E-state index in [0.29, 0.717) is 12.1 Å². The Hall–Kier alpha value is -1.26. The molecular weight excluding hydrogens is 262 g/mol. The van der Waals surface area contributed by atoms with Crippen molar-refractivity contribution in [2.24, 2.45) is 0 Å². The van der Waals surface area contributed by atoms with E-state index in [0.717, 1.165) is 31.9 Å². The van der Waals surface area contributed by atoms with E-state index >= 15 is 0 Å². The quantitative estimate of drug-likeness (QED) is 0.869. The summed E-state index contributed by atoms with van der Waals surface area (Å²) in [5, 5.41) is 3.33. The normalized spacial score (nSPS) is 19.3. The van der Waals surface area contributed by atoms with E-state index in [2.05, 4.69) is 47.2 Å². The van der Waals surface area contributed by atoms with Crippen molar-refractivity contribution in [3.8, 4) is 5.75 Å². The molecule has 1 saturated heterocycles. The zero-order valence-corrected chi connectivity index (χ0v) is 13.8. The fourth-order valence-electron chi connectivity index (χ4n) is 3.01. The highest BCUT2D eigenvalue weighted by molar-refractivity contribution is 5.51. The molecule has 1 aromatic carbocycles. The van der Waals surface area contributed by atoms with Crippen LogP contribution in [0.15, 0.2) is 24.3 Å². The molecule has 2 atom stereocenters. The predicted molar refractivity (Wildman–Crippen MR) is 89.4 cm³/mol. The number of hydrogen-bond acceptors (Lipinski definition) is 4. The van der Waals surface area contributed by atoms with E-state index in [4.69, 9.17) is 4.74 Å². The monoisotopic (exact) mass is 291 g/mol. The van der Waals surface area contributed by atoms with E-state index in [1.54, 1.807) is 7.11 Å². The summed E-state index contributed by atoms with van der Waals surface area (Å²) in [5.41, 5.74) is 1.27. The van der Waals surface area contributed by atoms with Gasteiger partial charge in [-0.25, -0.2) is 0 Å². The maximum atomic E-state index is 5.32. The lowest BCUT2D eigenvalue weighted by Gasteiger charge is -2.39. The molecule has 118 valence electrons. The maximum Gasteiger partial charge on any atom is 0.120 e. The molecule has 0 radical (unpaired) electrons. The number of hydrogen-bond donors (Lipinski definition) is 1. The van der Waals surface area contributed by atoms with Crippen LogP contribution in [0.3, 0.4) is 0 Å². The number of nitrogens with zero attached hydrogens (tertiary/aromatic N) is 2. The lowest BCUT2D eigenvalue weighted by Crippen LogP contribution is -2.50. The van der Waals surface area contributed by atoms with E-state index in [1.165, 1.54) is 12.1 Å². The highest BCUT2D eigenvalue weighted by Gasteiger charge is 2.22. The summed E-state index contributed by atoms with van der Waals surface area (Å²) >= 11 is 0. The van der Waals surface area contributed by atoms with Gasteiger partial charge in [-0.2, -0.15) is 0 Å². The molecule has 2 unspecified atom stereocenters. The third kappa shape index (κ3) is 4.35. The first-order valence-corrected chi connectivity index (χ1v) is 7.94. The van der Waals surface area contributed by atoms with Crippen molar-refractivity contribution in [1.29, 1.82) is 0 Å². The first kappa shape index (κ1) is 16.1. The van der Waals surface area contributed by atoms with Crippen LogP contribution >= 0.6 is 0 Å². The van der Waals surface area contributed by atoms with Crippen LogP contribution in [0.25, 0.3) is 0 Å². The Kier molecular flexibility index (Phi) is 5.88. The minimum Gasteiger partial charge on any atom is -0.497 e. The number of benzene rings is 1. The Morgan fingerprint density at radius 3 is 2.52 bits per heavy atom. The number of nitrogens with one attached hydrogen (secondary N) is 1. The van der Waals surface area contributed by atoms with Gasteiger partial charge in [0.05, 0.1) is 7.11 Å². The molecule has 1 heterocycles. The molecule has 0 amide bonds. The third-order valence-electron chi connectivity index (χ3n) is 4.54. The first-order valence-electron chi connectivity index (χ1n) is 7.94. The average molecular weight is 291 g/mol. The van der Waals surface area contributed by atoms with Gasteiger partial charge in [-0.05, 0) is 39.4 Å². The molecular formula is C17H29N3O.